The van der Waals surface area contributed by atoms with Crippen molar-refractivity contribution in [1.82, 2.24) is 9.97 Å². The van der Waals surface area contributed by atoms with Crippen molar-refractivity contribution in [3.63, 3.8) is 0 Å². The SMILES string of the molecule is Cc1c(O)/c(=C\N)c2nc3c(=O)ccc(C(=O)O)c3[nH]c2c1=O. The number of aromatic carboxylic acids is 1. The van der Waals surface area contributed by atoms with Gasteiger partial charge in [-0.15, -0.1) is 0 Å². The molecule has 8 heteroatoms. The van der Waals surface area contributed by atoms with Crippen molar-refractivity contribution in [3.05, 3.63) is 48.9 Å². The summed E-state index contributed by atoms with van der Waals surface area (Å²) in [6.45, 7) is 1.41. The third-order valence-corrected chi connectivity index (χ3v) is 3.68. The van der Waals surface area contributed by atoms with Crippen LogP contribution in [-0.4, -0.2) is 26.2 Å². The fraction of sp³-hybridized carbons (Fsp3) is 0.0667. The minimum atomic E-state index is -1.26. The first-order chi connectivity index (χ1) is 10.9. The van der Waals surface area contributed by atoms with Crippen molar-refractivity contribution < 1.29 is 15.0 Å². The Bertz CT molecular complexity index is 1160. The molecule has 3 aromatic rings. The summed E-state index contributed by atoms with van der Waals surface area (Å²) in [6, 6.07) is 2.22. The average molecular weight is 313 g/mol. The number of fused-ring (bicyclic) bond motifs is 2. The standard InChI is InChI=1S/C15H11N3O5/c1-5-13(20)7(4-16)10-12(14(5)21)18-9-6(15(22)23)2-3-8(19)11(9)17-10/h2-4,18,20H,16H2,1H3,(H,22,23)/b7-4-. The Morgan fingerprint density at radius 1 is 1.26 bits per heavy atom. The molecule has 3 rings (SSSR count). The fourth-order valence-electron chi connectivity index (χ4n) is 2.47. The molecule has 0 spiro atoms. The first-order valence-corrected chi connectivity index (χ1v) is 6.54. The fourth-order valence-corrected chi connectivity index (χ4v) is 2.47. The van der Waals surface area contributed by atoms with Gasteiger partial charge in [0.25, 0.3) is 0 Å². The molecule has 0 bridgehead atoms. The number of rotatable bonds is 1. The lowest BCUT2D eigenvalue weighted by molar-refractivity contribution is 0.0699. The van der Waals surface area contributed by atoms with Crippen LogP contribution < -0.4 is 21.8 Å². The number of aromatic nitrogens is 2. The summed E-state index contributed by atoms with van der Waals surface area (Å²) in [6.07, 6.45) is 1.07. The van der Waals surface area contributed by atoms with Crippen LogP contribution in [0.25, 0.3) is 28.3 Å². The van der Waals surface area contributed by atoms with Gasteiger partial charge in [0, 0.05) is 11.8 Å². The molecule has 23 heavy (non-hydrogen) atoms. The van der Waals surface area contributed by atoms with Crippen LogP contribution in [0, 0.1) is 6.92 Å². The number of nitrogens with two attached hydrogens (primary N) is 1. The van der Waals surface area contributed by atoms with E-state index in [0.29, 0.717) is 0 Å². The normalized spacial score (nSPS) is 12.1. The van der Waals surface area contributed by atoms with Gasteiger partial charge in [0.2, 0.25) is 10.9 Å². The summed E-state index contributed by atoms with van der Waals surface area (Å²) in [5.41, 5.74) is 4.05. The summed E-state index contributed by atoms with van der Waals surface area (Å²) >= 11 is 0. The third-order valence-electron chi connectivity index (χ3n) is 3.68. The van der Waals surface area contributed by atoms with E-state index in [4.69, 9.17) is 5.73 Å². The topological polar surface area (TPSA) is 146 Å². The maximum Gasteiger partial charge on any atom is 0.337 e. The maximum absolute atomic E-state index is 12.3. The number of aromatic amines is 1. The minimum Gasteiger partial charge on any atom is -0.507 e. The first-order valence-electron chi connectivity index (χ1n) is 6.54. The highest BCUT2D eigenvalue weighted by atomic mass is 16.4. The van der Waals surface area contributed by atoms with Crippen LogP contribution in [0.1, 0.15) is 15.9 Å². The Kier molecular flexibility index (Phi) is 3.03. The molecule has 0 aliphatic heterocycles. The lowest BCUT2D eigenvalue weighted by atomic mass is 10.1. The second-order valence-electron chi connectivity index (χ2n) is 4.98. The zero-order chi connectivity index (χ0) is 16.9. The van der Waals surface area contributed by atoms with E-state index in [0.717, 1.165) is 18.3 Å². The number of carboxylic acid groups (broad SMARTS) is 1. The van der Waals surface area contributed by atoms with Gasteiger partial charge in [-0.2, -0.15) is 0 Å². The van der Waals surface area contributed by atoms with Crippen molar-refractivity contribution in [2.75, 3.05) is 0 Å². The second-order valence-corrected chi connectivity index (χ2v) is 4.98. The van der Waals surface area contributed by atoms with E-state index in [1.807, 2.05) is 0 Å². The van der Waals surface area contributed by atoms with Crippen molar-refractivity contribution in [1.29, 1.82) is 0 Å². The van der Waals surface area contributed by atoms with Gasteiger partial charge in [-0.05, 0) is 19.1 Å². The van der Waals surface area contributed by atoms with Crippen LogP contribution >= 0.6 is 0 Å². The quantitative estimate of drug-likeness (QED) is 0.445. The van der Waals surface area contributed by atoms with E-state index in [-0.39, 0.29) is 44.2 Å². The predicted molar refractivity (Wildman–Crippen MR) is 83.4 cm³/mol. The van der Waals surface area contributed by atoms with Crippen molar-refractivity contribution >= 4 is 34.2 Å². The van der Waals surface area contributed by atoms with Crippen LogP contribution in [-0.2, 0) is 0 Å². The Morgan fingerprint density at radius 3 is 2.57 bits per heavy atom. The number of benzene rings is 2. The number of carbonyl (C=O) groups is 1. The number of nitrogens with one attached hydrogen (secondary N) is 1. The highest BCUT2D eigenvalue weighted by molar-refractivity contribution is 6.02. The Morgan fingerprint density at radius 2 is 1.96 bits per heavy atom. The lowest BCUT2D eigenvalue weighted by Crippen LogP contribution is -2.21. The van der Waals surface area contributed by atoms with Gasteiger partial charge in [-0.1, -0.05) is 0 Å². The third kappa shape index (κ3) is 1.92. The van der Waals surface area contributed by atoms with E-state index in [1.54, 1.807) is 0 Å². The molecule has 2 aromatic carbocycles. The van der Waals surface area contributed by atoms with Gasteiger partial charge >= 0.3 is 5.97 Å². The van der Waals surface area contributed by atoms with E-state index in [9.17, 15) is 24.6 Å². The Balaban J connectivity index is 2.72. The second kappa shape index (κ2) is 4.80. The molecule has 116 valence electrons. The number of carboxylic acids is 1. The zero-order valence-electron chi connectivity index (χ0n) is 11.9. The number of phenolic OH excluding ortho intramolecular Hbond substituents is 1. The van der Waals surface area contributed by atoms with Crippen LogP contribution in [0.15, 0.2) is 21.7 Å². The number of H-pyrrole nitrogens is 1. The summed E-state index contributed by atoms with van der Waals surface area (Å²) in [5, 5.41) is 19.3. The molecule has 0 aliphatic rings. The highest BCUT2D eigenvalue weighted by Crippen LogP contribution is 2.16. The smallest absolute Gasteiger partial charge is 0.337 e. The molecule has 0 saturated carbocycles. The van der Waals surface area contributed by atoms with Crippen LogP contribution in [0.2, 0.25) is 0 Å². The van der Waals surface area contributed by atoms with Crippen molar-refractivity contribution in [3.8, 4) is 5.75 Å². The van der Waals surface area contributed by atoms with E-state index >= 15 is 0 Å². The van der Waals surface area contributed by atoms with E-state index in [1.165, 1.54) is 6.92 Å². The van der Waals surface area contributed by atoms with Crippen LogP contribution in [0.4, 0.5) is 0 Å². The molecule has 0 aliphatic carbocycles. The number of nitrogens with zero attached hydrogens (tertiary/aromatic N) is 1. The molecule has 0 fully saturated rings. The molecule has 0 unspecified atom stereocenters. The van der Waals surface area contributed by atoms with E-state index < -0.39 is 16.8 Å². The number of hydrogen-bond donors (Lipinski definition) is 4. The molecule has 5 N–H and O–H groups in total. The molecule has 0 saturated heterocycles. The van der Waals surface area contributed by atoms with Gasteiger partial charge in [-0.3, -0.25) is 9.59 Å². The van der Waals surface area contributed by atoms with Crippen LogP contribution in [0.3, 0.4) is 0 Å². The average Bonchev–Trinajstić information content (AvgIpc) is 2.52. The van der Waals surface area contributed by atoms with Gasteiger partial charge in [0.15, 0.2) is 0 Å². The Labute approximate surface area is 127 Å². The Hall–Kier alpha value is -3.42. The molecule has 1 aromatic heterocycles. The van der Waals surface area contributed by atoms with Crippen molar-refractivity contribution in [2.24, 2.45) is 5.73 Å². The van der Waals surface area contributed by atoms with Gasteiger partial charge in [0.1, 0.15) is 22.3 Å². The molecule has 1 heterocycles. The first kappa shape index (κ1) is 14.5. The van der Waals surface area contributed by atoms with E-state index in [2.05, 4.69) is 9.97 Å². The molecule has 8 nitrogen and oxygen atoms in total. The zero-order valence-corrected chi connectivity index (χ0v) is 11.9. The summed E-state index contributed by atoms with van der Waals surface area (Å²) in [7, 11) is 0. The number of hydrogen-bond acceptors (Lipinski definition) is 6. The lowest BCUT2D eigenvalue weighted by Gasteiger charge is -2.07. The van der Waals surface area contributed by atoms with Crippen LogP contribution in [0.5, 0.6) is 5.75 Å². The van der Waals surface area contributed by atoms with Gasteiger partial charge in [0.05, 0.1) is 16.3 Å². The summed E-state index contributed by atoms with van der Waals surface area (Å²) < 4.78 is 0. The monoisotopic (exact) mass is 313 g/mol. The predicted octanol–water partition coefficient (Wildman–Crippen LogP) is -0.436. The number of aromatic hydroxyl groups is 1. The van der Waals surface area contributed by atoms with Crippen molar-refractivity contribution in [2.45, 2.75) is 6.92 Å². The minimum absolute atomic E-state index is 0.00717. The molecular weight excluding hydrogens is 302 g/mol. The summed E-state index contributed by atoms with van der Waals surface area (Å²) in [5.74, 6) is -1.59. The highest BCUT2D eigenvalue weighted by Gasteiger charge is 2.17. The van der Waals surface area contributed by atoms with Gasteiger partial charge < -0.3 is 20.9 Å². The molecule has 0 amide bonds. The maximum atomic E-state index is 12.3. The van der Waals surface area contributed by atoms with Gasteiger partial charge in [-0.25, -0.2) is 9.78 Å². The number of phenols is 1. The molecular formula is C15H11N3O5. The summed E-state index contributed by atoms with van der Waals surface area (Å²) in [4.78, 5) is 42.3. The molecule has 0 radical (unpaired) electrons. The largest absolute Gasteiger partial charge is 0.507 e. The molecule has 0 atom stereocenters.